The minimum atomic E-state index is 0.318. The molecule has 2 aliphatic rings. The number of carbonyl (C=O) groups excluding carboxylic acids is 1. The second-order valence-electron chi connectivity index (χ2n) is 7.40. The molecular formula is C20H25N5O. The van der Waals surface area contributed by atoms with Gasteiger partial charge < -0.3 is 10.2 Å². The molecule has 0 bridgehead atoms. The van der Waals surface area contributed by atoms with Gasteiger partial charge in [-0.1, -0.05) is 12.8 Å². The molecule has 136 valence electrons. The Morgan fingerprint density at radius 2 is 2.12 bits per heavy atom. The normalized spacial score (nSPS) is 20.7. The summed E-state index contributed by atoms with van der Waals surface area (Å²) in [4.78, 5) is 27.7. The van der Waals surface area contributed by atoms with E-state index in [4.69, 9.17) is 0 Å². The summed E-state index contributed by atoms with van der Waals surface area (Å²) in [6, 6.07) is 6.27. The largest absolute Gasteiger partial charge is 0.370 e. The van der Waals surface area contributed by atoms with Gasteiger partial charge in [0.2, 0.25) is 5.91 Å². The minimum Gasteiger partial charge on any atom is -0.370 e. The lowest BCUT2D eigenvalue weighted by Gasteiger charge is -2.24. The molecule has 3 heterocycles. The molecule has 1 aliphatic carbocycles. The second kappa shape index (κ2) is 7.40. The number of hydrogen-bond donors (Lipinski definition) is 1. The first-order valence-corrected chi connectivity index (χ1v) is 9.48. The maximum absolute atomic E-state index is 12.3. The molecule has 6 nitrogen and oxygen atoms in total. The van der Waals surface area contributed by atoms with Crippen LogP contribution in [0.25, 0.3) is 11.4 Å². The fourth-order valence-corrected chi connectivity index (χ4v) is 4.05. The van der Waals surface area contributed by atoms with Crippen LogP contribution >= 0.6 is 0 Å². The van der Waals surface area contributed by atoms with Gasteiger partial charge in [0.25, 0.3) is 0 Å². The van der Waals surface area contributed by atoms with Crippen molar-refractivity contribution in [1.29, 1.82) is 0 Å². The fraction of sp³-hybridized carbons (Fsp3) is 0.500. The van der Waals surface area contributed by atoms with E-state index in [-0.39, 0.29) is 0 Å². The molecular weight excluding hydrogens is 326 g/mol. The van der Waals surface area contributed by atoms with Crippen molar-refractivity contribution >= 4 is 11.7 Å². The van der Waals surface area contributed by atoms with E-state index in [1.165, 1.54) is 25.7 Å². The van der Waals surface area contributed by atoms with Crippen molar-refractivity contribution in [2.45, 2.75) is 45.1 Å². The first kappa shape index (κ1) is 16.9. The van der Waals surface area contributed by atoms with E-state index in [0.29, 0.717) is 30.1 Å². The van der Waals surface area contributed by atoms with E-state index >= 15 is 0 Å². The van der Waals surface area contributed by atoms with Gasteiger partial charge in [-0.05, 0) is 31.9 Å². The molecule has 0 spiro atoms. The lowest BCUT2D eigenvalue weighted by molar-refractivity contribution is -0.129. The fourth-order valence-electron chi connectivity index (χ4n) is 4.05. The highest BCUT2D eigenvalue weighted by molar-refractivity contribution is 5.79. The van der Waals surface area contributed by atoms with Crippen LogP contribution < -0.4 is 5.32 Å². The molecule has 0 radical (unpaired) electrons. The molecule has 26 heavy (non-hydrogen) atoms. The highest BCUT2D eigenvalue weighted by Gasteiger charge is 2.35. The first-order valence-electron chi connectivity index (χ1n) is 9.48. The number of likely N-dealkylation sites (tertiary alicyclic amines) is 1. The topological polar surface area (TPSA) is 71.0 Å². The molecule has 1 amide bonds. The van der Waals surface area contributed by atoms with Crippen molar-refractivity contribution in [2.75, 3.05) is 18.4 Å². The molecule has 0 aromatic carbocycles. The summed E-state index contributed by atoms with van der Waals surface area (Å²) >= 11 is 0. The van der Waals surface area contributed by atoms with Crippen LogP contribution in [0, 0.1) is 12.8 Å². The third-order valence-electron chi connectivity index (χ3n) is 5.35. The van der Waals surface area contributed by atoms with Crippen molar-refractivity contribution in [3.05, 3.63) is 36.3 Å². The van der Waals surface area contributed by atoms with Gasteiger partial charge in [-0.15, -0.1) is 0 Å². The number of hydrogen-bond acceptors (Lipinski definition) is 5. The van der Waals surface area contributed by atoms with Gasteiger partial charge in [0.1, 0.15) is 5.82 Å². The van der Waals surface area contributed by atoms with Gasteiger partial charge in [-0.25, -0.2) is 9.97 Å². The predicted molar refractivity (Wildman–Crippen MR) is 101 cm³/mol. The summed E-state index contributed by atoms with van der Waals surface area (Å²) in [5.74, 6) is 2.15. The van der Waals surface area contributed by atoms with Crippen LogP contribution in [0.2, 0.25) is 0 Å². The molecule has 2 aromatic rings. The zero-order chi connectivity index (χ0) is 17.9. The van der Waals surface area contributed by atoms with Crippen LogP contribution in [0.1, 0.15) is 37.8 Å². The molecule has 1 N–H and O–H groups in total. The van der Waals surface area contributed by atoms with E-state index in [0.717, 1.165) is 30.2 Å². The predicted octanol–water partition coefficient (Wildman–Crippen LogP) is 3.05. The number of nitrogens with one attached hydrogen (secondary N) is 1. The summed E-state index contributed by atoms with van der Waals surface area (Å²) in [5, 5.41) is 3.42. The lowest BCUT2D eigenvalue weighted by atomic mass is 10.1. The number of nitrogens with zero attached hydrogens (tertiary/aromatic N) is 4. The number of anilines is 1. The number of rotatable bonds is 5. The summed E-state index contributed by atoms with van der Waals surface area (Å²) < 4.78 is 0. The Kier molecular flexibility index (Phi) is 4.82. The zero-order valence-electron chi connectivity index (χ0n) is 15.2. The number of aryl methyl sites for hydroxylation is 1. The lowest BCUT2D eigenvalue weighted by Crippen LogP contribution is -2.34. The highest BCUT2D eigenvalue weighted by atomic mass is 16.2. The van der Waals surface area contributed by atoms with Crippen molar-refractivity contribution in [3.8, 4) is 11.4 Å². The standard InChI is InChI=1S/C20H25N5O/c1-14-9-18(24-20(23-14)16-5-4-8-21-12-16)22-11-15-10-19(26)25(13-15)17-6-2-3-7-17/h4-5,8-9,12,15,17H,2-3,6-7,10-11,13H2,1H3,(H,22,23,24)/t15-/m1/s1. The van der Waals surface area contributed by atoms with Crippen molar-refractivity contribution in [3.63, 3.8) is 0 Å². The third-order valence-corrected chi connectivity index (χ3v) is 5.35. The summed E-state index contributed by atoms with van der Waals surface area (Å²) in [6.45, 7) is 3.60. The summed E-state index contributed by atoms with van der Waals surface area (Å²) in [7, 11) is 0. The number of pyridine rings is 1. The Labute approximate surface area is 154 Å². The summed E-state index contributed by atoms with van der Waals surface area (Å²) in [5.41, 5.74) is 1.82. The number of aromatic nitrogens is 3. The average molecular weight is 351 g/mol. The second-order valence-corrected chi connectivity index (χ2v) is 7.40. The van der Waals surface area contributed by atoms with Gasteiger partial charge in [-0.2, -0.15) is 0 Å². The van der Waals surface area contributed by atoms with Crippen LogP contribution in [0.3, 0.4) is 0 Å². The van der Waals surface area contributed by atoms with Crippen LogP contribution in [0.15, 0.2) is 30.6 Å². The summed E-state index contributed by atoms with van der Waals surface area (Å²) in [6.07, 6.45) is 9.02. The molecule has 1 aliphatic heterocycles. The van der Waals surface area contributed by atoms with Crippen molar-refractivity contribution in [2.24, 2.45) is 5.92 Å². The van der Waals surface area contributed by atoms with E-state index in [1.54, 1.807) is 12.4 Å². The molecule has 2 aromatic heterocycles. The smallest absolute Gasteiger partial charge is 0.223 e. The minimum absolute atomic E-state index is 0.318. The van der Waals surface area contributed by atoms with E-state index < -0.39 is 0 Å². The Bertz CT molecular complexity index is 773. The molecule has 0 unspecified atom stereocenters. The first-order chi connectivity index (χ1) is 12.7. The molecule has 1 atom stereocenters. The third kappa shape index (κ3) is 3.69. The molecule has 1 saturated carbocycles. The molecule has 6 heteroatoms. The number of carbonyl (C=O) groups is 1. The Balaban J connectivity index is 1.40. The van der Waals surface area contributed by atoms with E-state index in [2.05, 4.69) is 25.2 Å². The van der Waals surface area contributed by atoms with Crippen LogP contribution in [-0.2, 0) is 4.79 Å². The maximum atomic E-state index is 12.3. The molecule has 4 rings (SSSR count). The van der Waals surface area contributed by atoms with E-state index in [9.17, 15) is 4.79 Å². The monoisotopic (exact) mass is 351 g/mol. The van der Waals surface area contributed by atoms with Gasteiger partial charge in [0.15, 0.2) is 5.82 Å². The number of amides is 1. The van der Waals surface area contributed by atoms with Crippen molar-refractivity contribution in [1.82, 2.24) is 19.9 Å². The van der Waals surface area contributed by atoms with Gasteiger partial charge in [-0.3, -0.25) is 9.78 Å². The van der Waals surface area contributed by atoms with Gasteiger partial charge in [0.05, 0.1) is 0 Å². The zero-order valence-corrected chi connectivity index (χ0v) is 15.2. The Morgan fingerprint density at radius 3 is 2.88 bits per heavy atom. The van der Waals surface area contributed by atoms with Crippen LogP contribution in [0.5, 0.6) is 0 Å². The quantitative estimate of drug-likeness (QED) is 0.896. The van der Waals surface area contributed by atoms with Gasteiger partial charge >= 0.3 is 0 Å². The Morgan fingerprint density at radius 1 is 1.27 bits per heavy atom. The maximum Gasteiger partial charge on any atom is 0.223 e. The molecule has 2 fully saturated rings. The van der Waals surface area contributed by atoms with E-state index in [1.807, 2.05) is 25.1 Å². The Hall–Kier alpha value is -2.50. The van der Waals surface area contributed by atoms with Crippen LogP contribution in [-0.4, -0.2) is 44.9 Å². The SMILES string of the molecule is Cc1cc(NC[C@H]2CC(=O)N(C3CCCC3)C2)nc(-c2cccnc2)n1. The van der Waals surface area contributed by atoms with Crippen molar-refractivity contribution < 1.29 is 4.79 Å². The highest BCUT2D eigenvalue weighted by Crippen LogP contribution is 2.29. The van der Waals surface area contributed by atoms with Gasteiger partial charge in [0, 0.05) is 61.2 Å². The molecule has 1 saturated heterocycles. The average Bonchev–Trinajstić information content (AvgIpc) is 3.30. The van der Waals surface area contributed by atoms with Crippen LogP contribution in [0.4, 0.5) is 5.82 Å².